The Balaban J connectivity index is 1.37. The van der Waals surface area contributed by atoms with Crippen molar-refractivity contribution in [2.24, 2.45) is 0 Å². The van der Waals surface area contributed by atoms with E-state index in [-0.39, 0.29) is 41.1 Å². The highest BCUT2D eigenvalue weighted by molar-refractivity contribution is 5.98. The van der Waals surface area contributed by atoms with Crippen molar-refractivity contribution in [1.82, 2.24) is 30.2 Å². The first kappa shape index (κ1) is 25.0. The average molecular weight is 517 g/mol. The summed E-state index contributed by atoms with van der Waals surface area (Å²) in [6.07, 6.45) is 3.02. The second-order valence-electron chi connectivity index (χ2n) is 9.14. The maximum Gasteiger partial charge on any atom is 0.335 e. The van der Waals surface area contributed by atoms with E-state index in [1.807, 2.05) is 6.92 Å². The summed E-state index contributed by atoms with van der Waals surface area (Å²) in [7, 11) is 0. The first-order valence-corrected chi connectivity index (χ1v) is 12.2. The Labute approximate surface area is 216 Å². The topological polar surface area (TPSA) is 139 Å². The highest BCUT2D eigenvalue weighted by Gasteiger charge is 2.29. The minimum atomic E-state index is -0.987. The Morgan fingerprint density at radius 2 is 1.97 bits per heavy atom. The fourth-order valence-corrected chi connectivity index (χ4v) is 4.87. The van der Waals surface area contributed by atoms with Gasteiger partial charge in [0, 0.05) is 12.6 Å². The molecular weight excluding hydrogens is 491 g/mol. The lowest BCUT2D eigenvalue weighted by Crippen LogP contribution is -2.30. The molecule has 10 nitrogen and oxygen atoms in total. The number of aromatic nitrogens is 4. The first-order valence-electron chi connectivity index (χ1n) is 12.2. The average Bonchev–Trinajstić information content (AvgIpc) is 3.55. The van der Waals surface area contributed by atoms with E-state index in [1.165, 1.54) is 23.0 Å². The van der Waals surface area contributed by atoms with Gasteiger partial charge in [-0.1, -0.05) is 25.1 Å². The number of carbonyl (C=O) groups excluding carboxylic acids is 2. The lowest BCUT2D eigenvalue weighted by atomic mass is 9.98. The van der Waals surface area contributed by atoms with E-state index < -0.39 is 17.8 Å². The van der Waals surface area contributed by atoms with Gasteiger partial charge in [0.15, 0.2) is 0 Å². The van der Waals surface area contributed by atoms with Crippen molar-refractivity contribution in [3.8, 4) is 0 Å². The lowest BCUT2D eigenvalue weighted by molar-refractivity contribution is 0.0695. The van der Waals surface area contributed by atoms with Crippen molar-refractivity contribution >= 4 is 23.6 Å². The second kappa shape index (κ2) is 10.0. The molecule has 5 rings (SSSR count). The van der Waals surface area contributed by atoms with Crippen molar-refractivity contribution in [3.63, 3.8) is 0 Å². The molecule has 0 saturated carbocycles. The number of halogens is 1. The van der Waals surface area contributed by atoms with Gasteiger partial charge in [0.05, 0.1) is 11.6 Å². The van der Waals surface area contributed by atoms with Gasteiger partial charge in [-0.2, -0.15) is 14.6 Å². The molecular formula is C27H25FN6O4. The summed E-state index contributed by atoms with van der Waals surface area (Å²) >= 11 is 0. The summed E-state index contributed by atoms with van der Waals surface area (Å²) in [4.78, 5) is 46.0. The van der Waals surface area contributed by atoms with Gasteiger partial charge in [-0.3, -0.25) is 9.59 Å². The van der Waals surface area contributed by atoms with Crippen LogP contribution in [0.2, 0.25) is 0 Å². The summed E-state index contributed by atoms with van der Waals surface area (Å²) in [6, 6.07) is 8.98. The molecule has 2 heterocycles. The van der Waals surface area contributed by atoms with Crippen LogP contribution in [0.5, 0.6) is 0 Å². The number of carboxylic acids is 1. The molecule has 4 aromatic rings. The van der Waals surface area contributed by atoms with E-state index in [0.29, 0.717) is 30.4 Å². The Morgan fingerprint density at radius 3 is 2.74 bits per heavy atom. The van der Waals surface area contributed by atoms with Crippen LogP contribution < -0.4 is 10.6 Å². The number of aryl methyl sites for hydroxylation is 1. The van der Waals surface area contributed by atoms with Gasteiger partial charge in [0.25, 0.3) is 17.6 Å². The van der Waals surface area contributed by atoms with Gasteiger partial charge in [-0.05, 0) is 66.1 Å². The number of aromatic carboxylic acids is 1. The number of nitrogens with zero attached hydrogens (tertiary/aromatic N) is 4. The van der Waals surface area contributed by atoms with Crippen LogP contribution in [-0.4, -0.2) is 42.5 Å². The summed E-state index contributed by atoms with van der Waals surface area (Å²) in [5.41, 5.74) is 4.09. The van der Waals surface area contributed by atoms with Crippen LogP contribution in [0, 0.1) is 12.7 Å². The highest BCUT2D eigenvalue weighted by atomic mass is 19.1. The molecule has 2 aromatic carbocycles. The van der Waals surface area contributed by atoms with Crippen LogP contribution in [0.3, 0.4) is 0 Å². The smallest absolute Gasteiger partial charge is 0.335 e. The summed E-state index contributed by atoms with van der Waals surface area (Å²) in [5, 5.41) is 19.2. The number of amides is 2. The molecule has 0 spiro atoms. The van der Waals surface area contributed by atoms with Crippen molar-refractivity contribution in [3.05, 3.63) is 93.3 Å². The van der Waals surface area contributed by atoms with Gasteiger partial charge in [0.1, 0.15) is 23.5 Å². The summed E-state index contributed by atoms with van der Waals surface area (Å²) in [5.74, 6) is -2.18. The number of hydrogen-bond acceptors (Lipinski definition) is 6. The number of carbonyl (C=O) groups is 3. The van der Waals surface area contributed by atoms with E-state index >= 15 is 0 Å². The molecule has 0 bridgehead atoms. The molecule has 0 radical (unpaired) electrons. The van der Waals surface area contributed by atoms with Crippen LogP contribution in [0.15, 0.2) is 42.7 Å². The highest BCUT2D eigenvalue weighted by Crippen LogP contribution is 2.35. The van der Waals surface area contributed by atoms with E-state index in [4.69, 9.17) is 0 Å². The minimum Gasteiger partial charge on any atom is -0.478 e. The van der Waals surface area contributed by atoms with E-state index in [1.54, 1.807) is 31.2 Å². The number of nitrogens with one attached hydrogen (secondary N) is 2. The molecule has 0 saturated heterocycles. The van der Waals surface area contributed by atoms with Crippen LogP contribution >= 0.6 is 0 Å². The number of rotatable bonds is 7. The second-order valence-corrected chi connectivity index (χ2v) is 9.14. The zero-order chi connectivity index (χ0) is 27.0. The Morgan fingerprint density at radius 1 is 1.16 bits per heavy atom. The molecule has 0 fully saturated rings. The zero-order valence-electron chi connectivity index (χ0n) is 20.8. The Kier molecular flexibility index (Phi) is 6.58. The largest absolute Gasteiger partial charge is 0.478 e. The van der Waals surface area contributed by atoms with Gasteiger partial charge in [-0.25, -0.2) is 14.2 Å². The van der Waals surface area contributed by atoms with Crippen molar-refractivity contribution < 1.29 is 23.9 Å². The van der Waals surface area contributed by atoms with Crippen molar-refractivity contribution in [2.45, 2.75) is 45.7 Å². The molecule has 1 aliphatic rings. The molecule has 0 unspecified atom stereocenters. The van der Waals surface area contributed by atoms with E-state index in [0.717, 1.165) is 16.7 Å². The maximum absolute atomic E-state index is 13.8. The predicted octanol–water partition coefficient (Wildman–Crippen LogP) is 3.18. The van der Waals surface area contributed by atoms with Gasteiger partial charge in [-0.15, -0.1) is 0 Å². The normalized spacial score (nSPS) is 14.3. The minimum absolute atomic E-state index is 0.0118. The maximum atomic E-state index is 13.8. The molecule has 1 atom stereocenters. The molecule has 2 aromatic heterocycles. The first-order chi connectivity index (χ1) is 18.3. The zero-order valence-corrected chi connectivity index (χ0v) is 20.8. The third-order valence-corrected chi connectivity index (χ3v) is 6.89. The molecule has 1 aliphatic carbocycles. The third-order valence-electron chi connectivity index (χ3n) is 6.89. The quantitative estimate of drug-likeness (QED) is 0.343. The Bertz CT molecular complexity index is 1600. The number of hydrogen-bond donors (Lipinski definition) is 3. The van der Waals surface area contributed by atoms with Crippen LogP contribution in [0.25, 0.3) is 5.78 Å². The monoisotopic (exact) mass is 516 g/mol. The fraction of sp³-hybridized carbons (Fsp3) is 0.259. The molecule has 194 valence electrons. The predicted molar refractivity (Wildman–Crippen MR) is 134 cm³/mol. The van der Waals surface area contributed by atoms with Crippen molar-refractivity contribution in [2.75, 3.05) is 0 Å². The van der Waals surface area contributed by atoms with Gasteiger partial charge < -0.3 is 15.7 Å². The number of carboxylic acid groups (broad SMARTS) is 1. The lowest BCUT2D eigenvalue weighted by Gasteiger charge is -2.16. The van der Waals surface area contributed by atoms with Gasteiger partial charge in [0.2, 0.25) is 0 Å². The molecule has 0 aliphatic heterocycles. The third kappa shape index (κ3) is 4.58. The number of fused-ring (bicyclic) bond motifs is 2. The Hall–Kier alpha value is -4.67. The summed E-state index contributed by atoms with van der Waals surface area (Å²) in [6.45, 7) is 3.78. The van der Waals surface area contributed by atoms with Crippen LogP contribution in [-0.2, 0) is 19.4 Å². The van der Waals surface area contributed by atoms with E-state index in [9.17, 15) is 23.9 Å². The van der Waals surface area contributed by atoms with Crippen LogP contribution in [0.1, 0.15) is 78.5 Å². The van der Waals surface area contributed by atoms with Gasteiger partial charge >= 0.3 is 5.97 Å². The molecule has 11 heteroatoms. The number of benzene rings is 2. The van der Waals surface area contributed by atoms with Crippen molar-refractivity contribution in [1.29, 1.82) is 0 Å². The van der Waals surface area contributed by atoms with E-state index in [2.05, 4.69) is 25.7 Å². The summed E-state index contributed by atoms with van der Waals surface area (Å²) < 4.78 is 15.1. The standard InChI is InChI=1S/C27H25FN6O4/c1-3-16-10-15(4-8-20(16)28)12-29-24(35)22-11-23(34-27(33-22)30-13-31-34)25(36)32-21-9-7-17-14(2)18(26(37)38)5-6-19(17)21/h4-6,8,10-11,13,21H,3,7,9,12H2,1-2H3,(H,29,35)(H,32,36)(H,37,38)/t21-/m0/s1. The molecule has 3 N–H and O–H groups in total. The van der Waals surface area contributed by atoms with Crippen LogP contribution in [0.4, 0.5) is 4.39 Å². The molecule has 38 heavy (non-hydrogen) atoms. The SMILES string of the molecule is CCc1cc(CNC(=O)c2cc(C(=O)N[C@H]3CCc4c3ccc(C(=O)O)c4C)n3ncnc3n2)ccc1F. The fourth-order valence-electron chi connectivity index (χ4n) is 4.87. The molecule has 2 amide bonds.